The van der Waals surface area contributed by atoms with Gasteiger partial charge in [0.25, 0.3) is 0 Å². The van der Waals surface area contributed by atoms with Gasteiger partial charge in [-0.3, -0.25) is 0 Å². The zero-order chi connectivity index (χ0) is 27.9. The van der Waals surface area contributed by atoms with E-state index >= 15 is 0 Å². The Bertz CT molecular complexity index is 1420. The van der Waals surface area contributed by atoms with E-state index in [-0.39, 0.29) is 17.2 Å². The summed E-state index contributed by atoms with van der Waals surface area (Å²) in [5.41, 5.74) is 8.04. The number of benzene rings is 3. The van der Waals surface area contributed by atoms with E-state index in [0.29, 0.717) is 52.0 Å². The lowest BCUT2D eigenvalue weighted by atomic mass is 9.83. The molecule has 202 valence electrons. The maximum Gasteiger partial charge on any atom is 0.347 e. The number of carbonyl (C=O) groups is 1. The number of ether oxygens (including phenoxy) is 6. The smallest absolute Gasteiger partial charge is 0.347 e. The van der Waals surface area contributed by atoms with Crippen LogP contribution in [0.4, 0.5) is 0 Å². The van der Waals surface area contributed by atoms with Gasteiger partial charge in [0.15, 0.2) is 11.5 Å². The molecule has 0 spiro atoms. The predicted molar refractivity (Wildman–Crippen MR) is 144 cm³/mol. The third kappa shape index (κ3) is 5.55. The minimum atomic E-state index is -0.593. The Hall–Kier alpha value is -4.84. The number of nitriles is 1. The van der Waals surface area contributed by atoms with Crippen LogP contribution in [-0.2, 0) is 0 Å². The standard InChI is InChI=1S/C30H30N2O7/c1-5-6-13-37-23-10-8-7-9-21(23)30(33)38-19-11-12-20-24(16-19)39-29(32)22(17-31)27(20)18-14-25(34-2)28(36-4)26(15-18)35-3/h7-12,14-16,27H,5-6,13,32H2,1-4H3. The molecule has 1 atom stereocenters. The first-order chi connectivity index (χ1) is 18.9. The van der Waals surface area contributed by atoms with Gasteiger partial charge in [-0.05, 0) is 42.3 Å². The molecule has 9 heteroatoms. The van der Waals surface area contributed by atoms with Crippen molar-refractivity contribution in [1.29, 1.82) is 5.26 Å². The van der Waals surface area contributed by atoms with Crippen molar-refractivity contribution in [1.82, 2.24) is 0 Å². The van der Waals surface area contributed by atoms with E-state index < -0.39 is 11.9 Å². The quantitative estimate of drug-likeness (QED) is 0.210. The molecule has 2 N–H and O–H groups in total. The molecular formula is C30H30N2O7. The summed E-state index contributed by atoms with van der Waals surface area (Å²) in [5.74, 6) is 1.13. The van der Waals surface area contributed by atoms with E-state index in [0.717, 1.165) is 12.8 Å². The largest absolute Gasteiger partial charge is 0.493 e. The summed E-state index contributed by atoms with van der Waals surface area (Å²) in [4.78, 5) is 13.0. The van der Waals surface area contributed by atoms with Gasteiger partial charge in [0.1, 0.15) is 34.5 Å². The Morgan fingerprint density at radius 3 is 2.36 bits per heavy atom. The highest BCUT2D eigenvalue weighted by Gasteiger charge is 2.33. The fourth-order valence-electron chi connectivity index (χ4n) is 4.36. The minimum absolute atomic E-state index is 0.0538. The van der Waals surface area contributed by atoms with E-state index in [1.807, 2.05) is 0 Å². The lowest BCUT2D eigenvalue weighted by Gasteiger charge is -2.27. The van der Waals surface area contributed by atoms with Gasteiger partial charge < -0.3 is 34.2 Å². The summed E-state index contributed by atoms with van der Waals surface area (Å²) < 4.78 is 33.7. The summed E-state index contributed by atoms with van der Waals surface area (Å²) in [7, 11) is 4.55. The second-order valence-corrected chi connectivity index (χ2v) is 8.67. The fraction of sp³-hybridized carbons (Fsp3) is 0.267. The van der Waals surface area contributed by atoms with Crippen LogP contribution in [0.2, 0.25) is 0 Å². The summed E-state index contributed by atoms with van der Waals surface area (Å²) in [5, 5.41) is 9.94. The molecule has 3 aromatic carbocycles. The predicted octanol–water partition coefficient (Wildman–Crippen LogP) is 5.33. The number of nitrogens with zero attached hydrogens (tertiary/aromatic N) is 1. The topological polar surface area (TPSA) is 122 Å². The highest BCUT2D eigenvalue weighted by Crippen LogP contribution is 2.47. The number of carbonyl (C=O) groups excluding carboxylic acids is 1. The van der Waals surface area contributed by atoms with Crippen molar-refractivity contribution in [2.45, 2.75) is 25.7 Å². The Morgan fingerprint density at radius 2 is 1.72 bits per heavy atom. The number of para-hydroxylation sites is 1. The normalized spacial score (nSPS) is 14.0. The molecule has 0 amide bonds. The fourth-order valence-corrected chi connectivity index (χ4v) is 4.36. The molecule has 0 radical (unpaired) electrons. The molecule has 9 nitrogen and oxygen atoms in total. The SMILES string of the molecule is CCCCOc1ccccc1C(=O)Oc1ccc2c(c1)OC(N)=C(C#N)C2c1cc(OC)c(OC)c(OC)c1. The Balaban J connectivity index is 1.69. The first-order valence-corrected chi connectivity index (χ1v) is 12.4. The zero-order valence-electron chi connectivity index (χ0n) is 22.3. The van der Waals surface area contributed by atoms with Gasteiger partial charge >= 0.3 is 5.97 Å². The van der Waals surface area contributed by atoms with Gasteiger partial charge in [0, 0.05) is 11.6 Å². The number of fused-ring (bicyclic) bond motifs is 1. The van der Waals surface area contributed by atoms with E-state index in [1.165, 1.54) is 21.3 Å². The summed E-state index contributed by atoms with van der Waals surface area (Å²) in [6, 6.07) is 17.6. The monoisotopic (exact) mass is 530 g/mol. The van der Waals surface area contributed by atoms with Gasteiger partial charge in [-0.2, -0.15) is 5.26 Å². The van der Waals surface area contributed by atoms with Crippen LogP contribution in [0.15, 0.2) is 66.1 Å². The molecule has 1 aliphatic heterocycles. The first kappa shape index (κ1) is 27.2. The van der Waals surface area contributed by atoms with E-state index in [9.17, 15) is 10.1 Å². The second kappa shape index (κ2) is 12.1. The molecule has 0 bridgehead atoms. The minimum Gasteiger partial charge on any atom is -0.493 e. The molecule has 0 aliphatic carbocycles. The van der Waals surface area contributed by atoms with Gasteiger partial charge in [0.2, 0.25) is 11.6 Å². The number of rotatable bonds is 10. The van der Waals surface area contributed by atoms with Crippen molar-refractivity contribution in [2.24, 2.45) is 5.73 Å². The van der Waals surface area contributed by atoms with E-state index in [1.54, 1.807) is 54.6 Å². The maximum atomic E-state index is 13.0. The number of hydrogen-bond acceptors (Lipinski definition) is 9. The Kier molecular flexibility index (Phi) is 8.46. The molecule has 1 heterocycles. The van der Waals surface area contributed by atoms with Crippen LogP contribution in [0, 0.1) is 11.3 Å². The van der Waals surface area contributed by atoms with Crippen LogP contribution in [-0.4, -0.2) is 33.9 Å². The third-order valence-corrected chi connectivity index (χ3v) is 6.28. The molecular weight excluding hydrogens is 500 g/mol. The summed E-state index contributed by atoms with van der Waals surface area (Å²) in [6.07, 6.45) is 1.85. The molecule has 3 aromatic rings. The van der Waals surface area contributed by atoms with Crippen molar-refractivity contribution < 1.29 is 33.2 Å². The van der Waals surface area contributed by atoms with Gasteiger partial charge in [-0.25, -0.2) is 4.79 Å². The third-order valence-electron chi connectivity index (χ3n) is 6.28. The molecule has 39 heavy (non-hydrogen) atoms. The number of methoxy groups -OCH3 is 3. The summed E-state index contributed by atoms with van der Waals surface area (Å²) >= 11 is 0. The van der Waals surface area contributed by atoms with Crippen molar-refractivity contribution in [3.63, 3.8) is 0 Å². The zero-order valence-corrected chi connectivity index (χ0v) is 22.3. The molecule has 1 unspecified atom stereocenters. The van der Waals surface area contributed by atoms with Crippen LogP contribution in [0.5, 0.6) is 34.5 Å². The maximum absolute atomic E-state index is 13.0. The van der Waals surface area contributed by atoms with Crippen LogP contribution < -0.4 is 34.2 Å². The second-order valence-electron chi connectivity index (χ2n) is 8.67. The number of hydrogen-bond donors (Lipinski definition) is 1. The average molecular weight is 531 g/mol. The molecule has 1 aliphatic rings. The van der Waals surface area contributed by atoms with Crippen molar-refractivity contribution in [2.75, 3.05) is 27.9 Å². The number of allylic oxidation sites excluding steroid dienone is 1. The van der Waals surface area contributed by atoms with Gasteiger partial charge in [-0.1, -0.05) is 31.5 Å². The van der Waals surface area contributed by atoms with Crippen molar-refractivity contribution in [3.8, 4) is 40.6 Å². The highest BCUT2D eigenvalue weighted by atomic mass is 16.5. The molecule has 0 saturated heterocycles. The van der Waals surface area contributed by atoms with E-state index in [2.05, 4.69) is 13.0 Å². The molecule has 0 saturated carbocycles. The highest BCUT2D eigenvalue weighted by molar-refractivity contribution is 5.94. The van der Waals surface area contributed by atoms with Crippen molar-refractivity contribution >= 4 is 5.97 Å². The Labute approximate surface area is 227 Å². The number of unbranched alkanes of at least 4 members (excludes halogenated alkanes) is 1. The lowest BCUT2D eigenvalue weighted by molar-refractivity contribution is 0.0730. The molecule has 0 fully saturated rings. The Morgan fingerprint density at radius 1 is 1.00 bits per heavy atom. The summed E-state index contributed by atoms with van der Waals surface area (Å²) in [6.45, 7) is 2.57. The lowest BCUT2D eigenvalue weighted by Crippen LogP contribution is -2.21. The molecule has 0 aromatic heterocycles. The van der Waals surface area contributed by atoms with E-state index in [4.69, 9.17) is 34.2 Å². The van der Waals surface area contributed by atoms with Crippen LogP contribution in [0.1, 0.15) is 47.2 Å². The number of esters is 1. The van der Waals surface area contributed by atoms with Gasteiger partial charge in [0.05, 0.1) is 33.9 Å². The van der Waals surface area contributed by atoms with Crippen molar-refractivity contribution in [3.05, 3.63) is 82.7 Å². The number of nitrogens with two attached hydrogens (primary N) is 1. The van der Waals surface area contributed by atoms with Crippen LogP contribution in [0.3, 0.4) is 0 Å². The van der Waals surface area contributed by atoms with Crippen LogP contribution >= 0.6 is 0 Å². The first-order valence-electron chi connectivity index (χ1n) is 12.4. The average Bonchev–Trinajstić information content (AvgIpc) is 2.95. The van der Waals surface area contributed by atoms with Crippen LogP contribution in [0.25, 0.3) is 0 Å². The molecule has 4 rings (SSSR count). The van der Waals surface area contributed by atoms with Gasteiger partial charge in [-0.15, -0.1) is 0 Å².